The molecule has 0 unspecified atom stereocenters. The first-order valence-electron chi connectivity index (χ1n) is 7.01. The molecule has 2 aromatic carbocycles. The van der Waals surface area contributed by atoms with Crippen LogP contribution < -0.4 is 5.32 Å². The minimum atomic E-state index is -0.348. The molecule has 110 valence electrons. The zero-order valence-corrected chi connectivity index (χ0v) is 12.4. The summed E-state index contributed by atoms with van der Waals surface area (Å²) in [7, 11) is 0. The predicted octanol–water partition coefficient (Wildman–Crippen LogP) is 3.81. The standard InChI is InChI=1S/C18H16N2O2/c1-11-5-6-12(2)15(10-11)20-18(22)14-8-7-13-4-3-9-19-16(13)17(14)21/h3-10,21H,1-2H3,(H,20,22). The lowest BCUT2D eigenvalue weighted by Crippen LogP contribution is -2.13. The van der Waals surface area contributed by atoms with Crippen LogP contribution >= 0.6 is 0 Å². The van der Waals surface area contributed by atoms with Crippen LogP contribution in [-0.2, 0) is 0 Å². The summed E-state index contributed by atoms with van der Waals surface area (Å²) in [6, 6.07) is 12.9. The number of phenolic OH excluding ortho intramolecular Hbond substituents is 1. The van der Waals surface area contributed by atoms with Crippen molar-refractivity contribution in [2.75, 3.05) is 5.32 Å². The third kappa shape index (κ3) is 2.51. The van der Waals surface area contributed by atoms with E-state index in [-0.39, 0.29) is 17.2 Å². The van der Waals surface area contributed by atoms with E-state index in [0.29, 0.717) is 5.52 Å². The Balaban J connectivity index is 1.99. The highest BCUT2D eigenvalue weighted by atomic mass is 16.3. The number of pyridine rings is 1. The Morgan fingerprint density at radius 3 is 2.77 bits per heavy atom. The van der Waals surface area contributed by atoms with Crippen molar-refractivity contribution in [1.82, 2.24) is 4.98 Å². The Kier molecular flexibility index (Phi) is 3.51. The number of nitrogens with zero attached hydrogens (tertiary/aromatic N) is 1. The van der Waals surface area contributed by atoms with Crippen LogP contribution in [0.4, 0.5) is 5.69 Å². The number of nitrogens with one attached hydrogen (secondary N) is 1. The van der Waals surface area contributed by atoms with Gasteiger partial charge in [-0.05, 0) is 43.2 Å². The third-order valence-electron chi connectivity index (χ3n) is 3.63. The number of fused-ring (bicyclic) bond motifs is 1. The molecule has 4 nitrogen and oxygen atoms in total. The molecule has 0 saturated carbocycles. The molecular weight excluding hydrogens is 276 g/mol. The van der Waals surface area contributed by atoms with Crippen LogP contribution in [0.15, 0.2) is 48.7 Å². The van der Waals surface area contributed by atoms with Crippen LogP contribution in [0.2, 0.25) is 0 Å². The molecule has 2 N–H and O–H groups in total. The molecule has 0 bridgehead atoms. The van der Waals surface area contributed by atoms with Gasteiger partial charge in [-0.25, -0.2) is 0 Å². The fourth-order valence-corrected chi connectivity index (χ4v) is 2.37. The summed E-state index contributed by atoms with van der Waals surface area (Å²) < 4.78 is 0. The minimum Gasteiger partial charge on any atom is -0.505 e. The van der Waals surface area contributed by atoms with E-state index in [9.17, 15) is 9.90 Å². The summed E-state index contributed by atoms with van der Waals surface area (Å²) in [6.07, 6.45) is 1.59. The minimum absolute atomic E-state index is 0.0964. The van der Waals surface area contributed by atoms with E-state index in [2.05, 4.69) is 10.3 Å². The maximum atomic E-state index is 12.4. The van der Waals surface area contributed by atoms with E-state index in [1.165, 1.54) is 0 Å². The molecule has 1 aromatic heterocycles. The van der Waals surface area contributed by atoms with Gasteiger partial charge >= 0.3 is 0 Å². The van der Waals surface area contributed by atoms with Gasteiger partial charge in [-0.2, -0.15) is 0 Å². The molecule has 0 saturated heterocycles. The van der Waals surface area contributed by atoms with Crippen molar-refractivity contribution in [2.24, 2.45) is 0 Å². The number of aromatic hydroxyl groups is 1. The average molecular weight is 292 g/mol. The van der Waals surface area contributed by atoms with Gasteiger partial charge in [-0.15, -0.1) is 0 Å². The number of carbonyl (C=O) groups excluding carboxylic acids is 1. The third-order valence-corrected chi connectivity index (χ3v) is 3.63. The van der Waals surface area contributed by atoms with Crippen LogP contribution in [0, 0.1) is 13.8 Å². The normalized spacial score (nSPS) is 10.6. The second-order valence-electron chi connectivity index (χ2n) is 5.31. The van der Waals surface area contributed by atoms with E-state index >= 15 is 0 Å². The monoisotopic (exact) mass is 292 g/mol. The number of rotatable bonds is 2. The fourth-order valence-electron chi connectivity index (χ4n) is 2.37. The number of aryl methyl sites for hydroxylation is 2. The van der Waals surface area contributed by atoms with Crippen molar-refractivity contribution in [3.05, 3.63) is 65.4 Å². The number of benzene rings is 2. The summed E-state index contributed by atoms with van der Waals surface area (Å²) in [4.78, 5) is 16.6. The van der Waals surface area contributed by atoms with Gasteiger partial charge in [0.15, 0.2) is 5.75 Å². The van der Waals surface area contributed by atoms with Crippen LogP contribution in [0.1, 0.15) is 21.5 Å². The molecule has 0 atom stereocenters. The molecule has 0 spiro atoms. The van der Waals surface area contributed by atoms with E-state index in [1.807, 2.05) is 38.1 Å². The second kappa shape index (κ2) is 5.48. The number of aromatic nitrogens is 1. The van der Waals surface area contributed by atoms with Crippen molar-refractivity contribution in [1.29, 1.82) is 0 Å². The summed E-state index contributed by atoms with van der Waals surface area (Å²) >= 11 is 0. The van der Waals surface area contributed by atoms with Crippen LogP contribution in [0.25, 0.3) is 10.9 Å². The predicted molar refractivity (Wildman–Crippen MR) is 87.3 cm³/mol. The summed E-state index contributed by atoms with van der Waals surface area (Å²) in [5, 5.41) is 13.9. The van der Waals surface area contributed by atoms with Gasteiger partial charge in [0.05, 0.1) is 5.56 Å². The zero-order valence-electron chi connectivity index (χ0n) is 12.4. The fraction of sp³-hybridized carbons (Fsp3) is 0.111. The van der Waals surface area contributed by atoms with Crippen molar-refractivity contribution in [3.8, 4) is 5.75 Å². The van der Waals surface area contributed by atoms with E-state index in [1.54, 1.807) is 24.4 Å². The average Bonchev–Trinajstić information content (AvgIpc) is 2.51. The molecule has 22 heavy (non-hydrogen) atoms. The quantitative estimate of drug-likeness (QED) is 0.755. The highest BCUT2D eigenvalue weighted by molar-refractivity contribution is 6.09. The molecule has 0 fully saturated rings. The lowest BCUT2D eigenvalue weighted by atomic mass is 10.1. The van der Waals surface area contributed by atoms with Gasteiger partial charge in [0, 0.05) is 17.3 Å². The smallest absolute Gasteiger partial charge is 0.259 e. The molecule has 3 aromatic rings. The van der Waals surface area contributed by atoms with Crippen LogP contribution in [0.3, 0.4) is 0 Å². The van der Waals surface area contributed by atoms with Gasteiger partial charge in [0.2, 0.25) is 0 Å². The Labute approximate surface area is 128 Å². The summed E-state index contributed by atoms with van der Waals surface area (Å²) in [6.45, 7) is 3.89. The zero-order chi connectivity index (χ0) is 15.7. The van der Waals surface area contributed by atoms with Crippen molar-refractivity contribution < 1.29 is 9.90 Å². The number of phenols is 1. The van der Waals surface area contributed by atoms with E-state index in [0.717, 1.165) is 22.2 Å². The van der Waals surface area contributed by atoms with E-state index in [4.69, 9.17) is 0 Å². The number of hydrogen-bond donors (Lipinski definition) is 2. The Bertz CT molecular complexity index is 872. The first-order valence-corrected chi connectivity index (χ1v) is 7.01. The molecule has 0 radical (unpaired) electrons. The highest BCUT2D eigenvalue weighted by Gasteiger charge is 2.15. The lowest BCUT2D eigenvalue weighted by Gasteiger charge is -2.11. The van der Waals surface area contributed by atoms with Gasteiger partial charge in [-0.1, -0.05) is 24.3 Å². The lowest BCUT2D eigenvalue weighted by molar-refractivity contribution is 0.102. The first-order chi connectivity index (χ1) is 10.6. The molecular formula is C18H16N2O2. The Morgan fingerprint density at radius 2 is 1.95 bits per heavy atom. The molecule has 0 aliphatic carbocycles. The van der Waals surface area contributed by atoms with E-state index < -0.39 is 0 Å². The van der Waals surface area contributed by atoms with Crippen molar-refractivity contribution in [2.45, 2.75) is 13.8 Å². The summed E-state index contributed by atoms with van der Waals surface area (Å²) in [5.41, 5.74) is 3.41. The van der Waals surface area contributed by atoms with Crippen LogP contribution in [0.5, 0.6) is 5.75 Å². The molecule has 4 heteroatoms. The SMILES string of the molecule is Cc1ccc(C)c(NC(=O)c2ccc3cccnc3c2O)c1. The number of amides is 1. The van der Waals surface area contributed by atoms with Gasteiger partial charge in [-0.3, -0.25) is 9.78 Å². The molecule has 0 aliphatic heterocycles. The largest absolute Gasteiger partial charge is 0.505 e. The van der Waals surface area contributed by atoms with Crippen LogP contribution in [-0.4, -0.2) is 16.0 Å². The highest BCUT2D eigenvalue weighted by Crippen LogP contribution is 2.28. The topological polar surface area (TPSA) is 62.2 Å². The van der Waals surface area contributed by atoms with Crippen molar-refractivity contribution in [3.63, 3.8) is 0 Å². The van der Waals surface area contributed by atoms with Gasteiger partial charge in [0.25, 0.3) is 5.91 Å². The molecule has 1 heterocycles. The molecule has 3 rings (SSSR count). The van der Waals surface area contributed by atoms with Crippen molar-refractivity contribution >= 4 is 22.5 Å². The van der Waals surface area contributed by atoms with Gasteiger partial charge in [0.1, 0.15) is 5.52 Å². The first kappa shape index (κ1) is 14.1. The summed E-state index contributed by atoms with van der Waals surface area (Å²) in [5.74, 6) is -0.445. The number of carbonyl (C=O) groups is 1. The van der Waals surface area contributed by atoms with Gasteiger partial charge < -0.3 is 10.4 Å². The Hall–Kier alpha value is -2.88. The molecule has 1 amide bonds. The maximum absolute atomic E-state index is 12.4. The molecule has 0 aliphatic rings. The maximum Gasteiger partial charge on any atom is 0.259 e. The number of anilines is 1. The Morgan fingerprint density at radius 1 is 1.14 bits per heavy atom. The number of hydrogen-bond acceptors (Lipinski definition) is 3. The second-order valence-corrected chi connectivity index (χ2v) is 5.31.